The van der Waals surface area contributed by atoms with E-state index in [-0.39, 0.29) is 24.7 Å². The number of ether oxygens (including phenoxy) is 2. The molecule has 0 saturated carbocycles. The third-order valence-corrected chi connectivity index (χ3v) is 6.14. The van der Waals surface area contributed by atoms with Crippen molar-refractivity contribution in [2.45, 2.75) is 89.9 Å². The molecule has 194 valence electrons. The fraction of sp³-hybridized carbons (Fsp3) is 0.571. The highest BCUT2D eigenvalue weighted by Crippen LogP contribution is 2.37. The van der Waals surface area contributed by atoms with E-state index in [1.54, 1.807) is 13.2 Å². The highest BCUT2D eigenvalue weighted by Gasteiger charge is 2.33. The number of aliphatic hydroxyl groups excluding tert-OH is 2. The molecule has 1 aromatic carbocycles. The molecular weight excluding hydrogens is 448 g/mol. The Morgan fingerprint density at radius 1 is 1.14 bits per heavy atom. The number of methoxy groups -OCH3 is 1. The van der Waals surface area contributed by atoms with Gasteiger partial charge >= 0.3 is 11.9 Å². The van der Waals surface area contributed by atoms with Gasteiger partial charge < -0.3 is 24.8 Å². The summed E-state index contributed by atoms with van der Waals surface area (Å²) in [7, 11) is 1.64. The van der Waals surface area contributed by atoms with Crippen molar-refractivity contribution in [2.75, 3.05) is 7.11 Å². The van der Waals surface area contributed by atoms with Gasteiger partial charge in [0.1, 0.15) is 5.76 Å². The quantitative estimate of drug-likeness (QED) is 0.176. The number of rotatable bonds is 16. The van der Waals surface area contributed by atoms with Crippen LogP contribution in [0.4, 0.5) is 0 Å². The lowest BCUT2D eigenvalue weighted by atomic mass is 9.93. The average Bonchev–Trinajstić information content (AvgIpc) is 3.08. The summed E-state index contributed by atoms with van der Waals surface area (Å²) in [6, 6.07) is 7.88. The van der Waals surface area contributed by atoms with E-state index >= 15 is 0 Å². The fourth-order valence-corrected chi connectivity index (χ4v) is 4.43. The average molecular weight is 489 g/mol. The molecule has 3 atom stereocenters. The summed E-state index contributed by atoms with van der Waals surface area (Å²) in [6.45, 7) is 2.42. The maximum absolute atomic E-state index is 12.1. The number of carboxylic acid groups (broad SMARTS) is 1. The van der Waals surface area contributed by atoms with Crippen LogP contribution in [0.1, 0.15) is 75.8 Å². The second-order valence-electron chi connectivity index (χ2n) is 9.19. The van der Waals surface area contributed by atoms with Crippen molar-refractivity contribution >= 4 is 11.9 Å². The zero-order valence-corrected chi connectivity index (χ0v) is 20.9. The standard InChI is InChI=1S/C28H40O7/c1-3-9-28(33)35-26-18-25(30)23(24(26)12-6-4-5-7-13-27(31)32)15-14-22(29)17-20-10-8-11-21(16-20)19-34-2/h8,10-11,14-16,22-23,25,29-30H,3-7,9,12-13,17-19H2,1-2H3,(H,31,32)/t22-,23+,25+/m0/s1. The summed E-state index contributed by atoms with van der Waals surface area (Å²) >= 11 is 0. The van der Waals surface area contributed by atoms with Crippen molar-refractivity contribution < 1.29 is 34.4 Å². The topological polar surface area (TPSA) is 113 Å². The van der Waals surface area contributed by atoms with Crippen molar-refractivity contribution in [1.82, 2.24) is 0 Å². The van der Waals surface area contributed by atoms with Gasteiger partial charge in [-0.3, -0.25) is 9.59 Å². The van der Waals surface area contributed by atoms with Gasteiger partial charge in [0.25, 0.3) is 0 Å². The zero-order chi connectivity index (χ0) is 25.6. The van der Waals surface area contributed by atoms with Crippen LogP contribution in [-0.4, -0.2) is 46.6 Å². The van der Waals surface area contributed by atoms with Gasteiger partial charge in [0.2, 0.25) is 0 Å². The first-order chi connectivity index (χ1) is 16.8. The van der Waals surface area contributed by atoms with Crippen molar-refractivity contribution in [2.24, 2.45) is 5.92 Å². The maximum Gasteiger partial charge on any atom is 0.310 e. The molecule has 0 unspecified atom stereocenters. The number of carbonyl (C=O) groups is 2. The number of hydrogen-bond acceptors (Lipinski definition) is 6. The third kappa shape index (κ3) is 10.3. The van der Waals surface area contributed by atoms with Gasteiger partial charge in [-0.1, -0.05) is 56.2 Å². The summed E-state index contributed by atoms with van der Waals surface area (Å²) in [5, 5.41) is 30.1. The molecule has 0 bridgehead atoms. The molecule has 0 heterocycles. The summed E-state index contributed by atoms with van der Waals surface area (Å²) in [5.74, 6) is -0.869. The first-order valence-electron chi connectivity index (χ1n) is 12.6. The Kier molecular flexibility index (Phi) is 12.7. The molecule has 1 aromatic rings. The lowest BCUT2D eigenvalue weighted by Crippen LogP contribution is -2.16. The monoisotopic (exact) mass is 488 g/mol. The van der Waals surface area contributed by atoms with Crippen LogP contribution in [0.15, 0.2) is 47.7 Å². The van der Waals surface area contributed by atoms with E-state index in [4.69, 9.17) is 14.6 Å². The second kappa shape index (κ2) is 15.5. The molecule has 35 heavy (non-hydrogen) atoms. The van der Waals surface area contributed by atoms with Crippen molar-refractivity contribution in [1.29, 1.82) is 0 Å². The first-order valence-corrected chi connectivity index (χ1v) is 12.6. The van der Waals surface area contributed by atoms with Crippen molar-refractivity contribution in [3.05, 3.63) is 58.9 Å². The van der Waals surface area contributed by atoms with E-state index in [1.807, 2.05) is 37.3 Å². The number of carboxylic acids is 1. The Bertz CT molecular complexity index is 874. The molecule has 0 aliphatic heterocycles. The Hall–Kier alpha value is -2.48. The van der Waals surface area contributed by atoms with Crippen LogP contribution in [0.2, 0.25) is 0 Å². The number of aliphatic hydroxyl groups is 2. The molecule has 1 aliphatic carbocycles. The van der Waals surface area contributed by atoms with Crippen molar-refractivity contribution in [3.8, 4) is 0 Å². The van der Waals surface area contributed by atoms with E-state index in [1.165, 1.54) is 0 Å². The first kappa shape index (κ1) is 28.8. The van der Waals surface area contributed by atoms with Gasteiger partial charge in [-0.25, -0.2) is 0 Å². The molecule has 0 saturated heterocycles. The lowest BCUT2D eigenvalue weighted by molar-refractivity contribution is -0.140. The molecule has 7 nitrogen and oxygen atoms in total. The van der Waals surface area contributed by atoms with E-state index in [0.29, 0.717) is 44.5 Å². The van der Waals surface area contributed by atoms with Gasteiger partial charge in [0.15, 0.2) is 0 Å². The summed E-state index contributed by atoms with van der Waals surface area (Å²) in [6.07, 6.45) is 7.78. The summed E-state index contributed by atoms with van der Waals surface area (Å²) < 4.78 is 10.8. The molecule has 0 radical (unpaired) electrons. The number of esters is 1. The summed E-state index contributed by atoms with van der Waals surface area (Å²) in [4.78, 5) is 22.8. The van der Waals surface area contributed by atoms with Crippen LogP contribution < -0.4 is 0 Å². The van der Waals surface area contributed by atoms with E-state index in [0.717, 1.165) is 36.0 Å². The molecule has 0 amide bonds. The van der Waals surface area contributed by atoms with E-state index < -0.39 is 18.2 Å². The number of carbonyl (C=O) groups excluding carboxylic acids is 1. The molecule has 1 aliphatic rings. The minimum Gasteiger partial charge on any atom is -0.481 e. The molecule has 2 rings (SSSR count). The molecule has 3 N–H and O–H groups in total. The molecule has 7 heteroatoms. The normalized spacial score (nSPS) is 18.9. The van der Waals surface area contributed by atoms with Crippen LogP contribution >= 0.6 is 0 Å². The van der Waals surface area contributed by atoms with Crippen LogP contribution in [-0.2, 0) is 32.1 Å². The van der Waals surface area contributed by atoms with Crippen LogP contribution in [0.25, 0.3) is 0 Å². The van der Waals surface area contributed by atoms with Crippen LogP contribution in [0, 0.1) is 5.92 Å². The highest BCUT2D eigenvalue weighted by molar-refractivity contribution is 5.70. The smallest absolute Gasteiger partial charge is 0.310 e. The summed E-state index contributed by atoms with van der Waals surface area (Å²) in [5.41, 5.74) is 2.93. The molecular formula is C28H40O7. The van der Waals surface area contributed by atoms with Gasteiger partial charge in [0.05, 0.1) is 18.8 Å². The molecule has 0 fully saturated rings. The van der Waals surface area contributed by atoms with E-state index in [2.05, 4.69) is 0 Å². The number of aliphatic carboxylic acids is 1. The minimum atomic E-state index is -0.786. The predicted molar refractivity (Wildman–Crippen MR) is 133 cm³/mol. The SMILES string of the molecule is CCCC(=O)OC1=C(CCCCCCC(=O)O)[C@@H](C=C[C@H](O)Cc2cccc(COC)c2)[C@H](O)C1. The van der Waals surface area contributed by atoms with Gasteiger partial charge in [-0.05, 0) is 42.4 Å². The highest BCUT2D eigenvalue weighted by atomic mass is 16.5. The minimum absolute atomic E-state index is 0.166. The van der Waals surface area contributed by atoms with Crippen LogP contribution in [0.5, 0.6) is 0 Å². The molecule has 0 spiro atoms. The largest absolute Gasteiger partial charge is 0.481 e. The van der Waals surface area contributed by atoms with Gasteiger partial charge in [-0.15, -0.1) is 0 Å². The Morgan fingerprint density at radius 3 is 2.60 bits per heavy atom. The number of unbranched alkanes of at least 4 members (excludes halogenated alkanes) is 3. The fourth-order valence-electron chi connectivity index (χ4n) is 4.43. The Labute approximate surface area is 208 Å². The van der Waals surface area contributed by atoms with Crippen molar-refractivity contribution in [3.63, 3.8) is 0 Å². The van der Waals surface area contributed by atoms with Gasteiger partial charge in [-0.2, -0.15) is 0 Å². The third-order valence-electron chi connectivity index (χ3n) is 6.14. The molecule has 0 aromatic heterocycles. The zero-order valence-electron chi connectivity index (χ0n) is 20.9. The Morgan fingerprint density at radius 2 is 1.89 bits per heavy atom. The lowest BCUT2D eigenvalue weighted by Gasteiger charge is -2.16. The van der Waals surface area contributed by atoms with Gasteiger partial charge in [0, 0.05) is 38.7 Å². The van der Waals surface area contributed by atoms with E-state index in [9.17, 15) is 19.8 Å². The Balaban J connectivity index is 2.05. The second-order valence-corrected chi connectivity index (χ2v) is 9.19. The number of hydrogen-bond donors (Lipinski definition) is 3. The maximum atomic E-state index is 12.1. The number of benzene rings is 1. The van der Waals surface area contributed by atoms with Crippen LogP contribution in [0.3, 0.4) is 0 Å². The predicted octanol–water partition coefficient (Wildman–Crippen LogP) is 4.70.